The van der Waals surface area contributed by atoms with Crippen molar-refractivity contribution in [2.75, 3.05) is 45.0 Å². The van der Waals surface area contributed by atoms with Crippen molar-refractivity contribution < 1.29 is 14.0 Å². The van der Waals surface area contributed by atoms with Gasteiger partial charge in [0.05, 0.1) is 11.3 Å². The number of nitrogens with zero attached hydrogens (tertiary/aromatic N) is 2. The summed E-state index contributed by atoms with van der Waals surface area (Å²) in [6.45, 7) is 4.41. The second kappa shape index (κ2) is 9.87. The van der Waals surface area contributed by atoms with Gasteiger partial charge in [0.1, 0.15) is 5.82 Å². The summed E-state index contributed by atoms with van der Waals surface area (Å²) in [5, 5.41) is 6.71. The third kappa shape index (κ3) is 6.05. The number of rotatable bonds is 7. The highest BCUT2D eigenvalue weighted by Crippen LogP contribution is 2.17. The molecule has 1 N–H and O–H groups in total. The van der Waals surface area contributed by atoms with Crippen LogP contribution < -0.4 is 5.32 Å². The Hall–Kier alpha value is -1.90. The maximum Gasteiger partial charge on any atom is 0.254 e. The van der Waals surface area contributed by atoms with Crippen molar-refractivity contribution in [3.05, 3.63) is 52.5 Å². The Morgan fingerprint density at radius 3 is 2.52 bits per heavy atom. The zero-order valence-corrected chi connectivity index (χ0v) is 16.5. The van der Waals surface area contributed by atoms with Crippen LogP contribution in [0.4, 0.5) is 4.39 Å². The molecule has 1 aliphatic heterocycles. The predicted molar refractivity (Wildman–Crippen MR) is 107 cm³/mol. The van der Waals surface area contributed by atoms with E-state index >= 15 is 0 Å². The number of benzene rings is 1. The van der Waals surface area contributed by atoms with Gasteiger partial charge in [-0.1, -0.05) is 0 Å². The fourth-order valence-electron chi connectivity index (χ4n) is 2.83. The molecule has 1 saturated heterocycles. The molecule has 1 fully saturated rings. The van der Waals surface area contributed by atoms with Gasteiger partial charge in [-0.25, -0.2) is 4.39 Å². The number of carbonyl (C=O) groups is 2. The molecule has 2 amide bonds. The minimum Gasteiger partial charge on any atom is -0.354 e. The summed E-state index contributed by atoms with van der Waals surface area (Å²) in [5.41, 5.74) is 0.763. The Kier molecular flexibility index (Phi) is 7.25. The van der Waals surface area contributed by atoms with Gasteiger partial charge in [-0.15, -0.1) is 11.8 Å². The molecular formula is C19H22FN3O2S2. The van der Waals surface area contributed by atoms with Crippen LogP contribution in [-0.2, 0) is 4.79 Å². The van der Waals surface area contributed by atoms with Gasteiger partial charge in [0.25, 0.3) is 5.91 Å². The molecule has 2 aromatic rings. The highest BCUT2D eigenvalue weighted by molar-refractivity contribution is 8.00. The number of carbonyl (C=O) groups excluding carboxylic acids is 2. The van der Waals surface area contributed by atoms with E-state index in [2.05, 4.69) is 10.2 Å². The topological polar surface area (TPSA) is 52.7 Å². The molecule has 0 radical (unpaired) electrons. The first-order chi connectivity index (χ1) is 13.1. The highest BCUT2D eigenvalue weighted by Gasteiger charge is 2.22. The van der Waals surface area contributed by atoms with Crippen molar-refractivity contribution in [2.45, 2.75) is 4.90 Å². The SMILES string of the molecule is O=C(CSc1ccc(F)cc1)NCCN1CCN(C(=O)c2ccsc2)CC1. The average Bonchev–Trinajstić information content (AvgIpc) is 3.22. The molecular weight excluding hydrogens is 385 g/mol. The van der Waals surface area contributed by atoms with E-state index in [-0.39, 0.29) is 17.6 Å². The molecule has 2 heterocycles. The van der Waals surface area contributed by atoms with Crippen molar-refractivity contribution in [3.63, 3.8) is 0 Å². The molecule has 0 bridgehead atoms. The van der Waals surface area contributed by atoms with Crippen molar-refractivity contribution in [3.8, 4) is 0 Å². The number of nitrogens with one attached hydrogen (secondary N) is 1. The monoisotopic (exact) mass is 407 g/mol. The quantitative estimate of drug-likeness (QED) is 0.717. The summed E-state index contributed by atoms with van der Waals surface area (Å²) in [6, 6.07) is 7.99. The number of hydrogen-bond donors (Lipinski definition) is 1. The first-order valence-corrected chi connectivity index (χ1v) is 10.7. The van der Waals surface area contributed by atoms with Gasteiger partial charge in [0, 0.05) is 49.5 Å². The Balaban J connectivity index is 1.30. The van der Waals surface area contributed by atoms with Crippen LogP contribution in [0.15, 0.2) is 46.0 Å². The van der Waals surface area contributed by atoms with Crippen LogP contribution in [0.3, 0.4) is 0 Å². The Bertz CT molecular complexity index is 745. The summed E-state index contributed by atoms with van der Waals surface area (Å²) in [5.74, 6) is 0.104. The van der Waals surface area contributed by atoms with E-state index in [1.54, 1.807) is 12.1 Å². The lowest BCUT2D eigenvalue weighted by Gasteiger charge is -2.34. The third-order valence-corrected chi connectivity index (χ3v) is 6.06. The van der Waals surface area contributed by atoms with E-state index in [1.165, 1.54) is 35.2 Å². The highest BCUT2D eigenvalue weighted by atomic mass is 32.2. The molecule has 27 heavy (non-hydrogen) atoms. The summed E-state index contributed by atoms with van der Waals surface area (Å²) in [4.78, 5) is 29.2. The van der Waals surface area contributed by atoms with Gasteiger partial charge in [-0.05, 0) is 35.7 Å². The number of piperazine rings is 1. The fraction of sp³-hybridized carbons (Fsp3) is 0.368. The number of halogens is 1. The molecule has 0 saturated carbocycles. The van der Waals surface area contributed by atoms with E-state index in [1.807, 2.05) is 21.7 Å². The van der Waals surface area contributed by atoms with Gasteiger partial charge in [-0.3, -0.25) is 14.5 Å². The van der Waals surface area contributed by atoms with E-state index in [0.29, 0.717) is 25.4 Å². The lowest BCUT2D eigenvalue weighted by Crippen LogP contribution is -2.50. The second-order valence-corrected chi connectivity index (χ2v) is 8.07. The average molecular weight is 408 g/mol. The molecule has 5 nitrogen and oxygen atoms in total. The number of thioether (sulfide) groups is 1. The van der Waals surface area contributed by atoms with Crippen LogP contribution in [0.1, 0.15) is 10.4 Å². The normalized spacial score (nSPS) is 14.9. The molecule has 0 atom stereocenters. The van der Waals surface area contributed by atoms with Gasteiger partial charge < -0.3 is 10.2 Å². The summed E-state index contributed by atoms with van der Waals surface area (Å²) in [6.07, 6.45) is 0. The van der Waals surface area contributed by atoms with Crippen LogP contribution in [0, 0.1) is 5.82 Å². The first kappa shape index (κ1) is 19.9. The Morgan fingerprint density at radius 2 is 1.85 bits per heavy atom. The van der Waals surface area contributed by atoms with Crippen LogP contribution in [-0.4, -0.2) is 66.6 Å². The smallest absolute Gasteiger partial charge is 0.254 e. The van der Waals surface area contributed by atoms with E-state index in [4.69, 9.17) is 0 Å². The molecule has 0 unspecified atom stereocenters. The lowest BCUT2D eigenvalue weighted by atomic mass is 10.2. The Labute approximate surface area is 166 Å². The fourth-order valence-corrected chi connectivity index (χ4v) is 4.19. The first-order valence-electron chi connectivity index (χ1n) is 8.81. The molecule has 3 rings (SSSR count). The molecule has 1 aliphatic rings. The van der Waals surface area contributed by atoms with Gasteiger partial charge in [0.15, 0.2) is 0 Å². The maximum atomic E-state index is 12.9. The maximum absolute atomic E-state index is 12.9. The largest absolute Gasteiger partial charge is 0.354 e. The third-order valence-electron chi connectivity index (χ3n) is 4.36. The van der Waals surface area contributed by atoms with E-state index in [9.17, 15) is 14.0 Å². The van der Waals surface area contributed by atoms with E-state index in [0.717, 1.165) is 30.1 Å². The van der Waals surface area contributed by atoms with Crippen LogP contribution >= 0.6 is 23.1 Å². The molecule has 1 aromatic carbocycles. The standard InChI is InChI=1S/C19H22FN3O2S2/c20-16-1-3-17(4-2-16)27-14-18(24)21-6-7-22-8-10-23(11-9-22)19(25)15-5-12-26-13-15/h1-5,12-13H,6-11,14H2,(H,21,24). The van der Waals surface area contributed by atoms with Crippen LogP contribution in [0.5, 0.6) is 0 Å². The minimum atomic E-state index is -0.277. The number of thiophene rings is 1. The van der Waals surface area contributed by atoms with Crippen molar-refractivity contribution in [2.24, 2.45) is 0 Å². The zero-order chi connectivity index (χ0) is 19.1. The number of hydrogen-bond acceptors (Lipinski definition) is 5. The van der Waals surface area contributed by atoms with Crippen molar-refractivity contribution in [1.29, 1.82) is 0 Å². The predicted octanol–water partition coefficient (Wildman–Crippen LogP) is 2.55. The minimum absolute atomic E-state index is 0.0319. The van der Waals surface area contributed by atoms with Crippen LogP contribution in [0.2, 0.25) is 0 Å². The van der Waals surface area contributed by atoms with Crippen molar-refractivity contribution >= 4 is 34.9 Å². The zero-order valence-electron chi connectivity index (χ0n) is 14.9. The van der Waals surface area contributed by atoms with Gasteiger partial charge in [0.2, 0.25) is 5.91 Å². The van der Waals surface area contributed by atoms with Gasteiger partial charge in [-0.2, -0.15) is 11.3 Å². The summed E-state index contributed by atoms with van der Waals surface area (Å²) in [7, 11) is 0. The summed E-state index contributed by atoms with van der Waals surface area (Å²) >= 11 is 2.92. The molecule has 144 valence electrons. The Morgan fingerprint density at radius 1 is 1.11 bits per heavy atom. The van der Waals surface area contributed by atoms with Crippen LogP contribution in [0.25, 0.3) is 0 Å². The number of amides is 2. The second-order valence-electron chi connectivity index (χ2n) is 6.24. The molecule has 0 spiro atoms. The molecule has 1 aromatic heterocycles. The van der Waals surface area contributed by atoms with Crippen molar-refractivity contribution in [1.82, 2.24) is 15.1 Å². The molecule has 8 heteroatoms. The lowest BCUT2D eigenvalue weighted by molar-refractivity contribution is -0.118. The summed E-state index contributed by atoms with van der Waals surface area (Å²) < 4.78 is 12.9. The van der Waals surface area contributed by atoms with E-state index < -0.39 is 0 Å². The molecule has 0 aliphatic carbocycles. The van der Waals surface area contributed by atoms with Gasteiger partial charge >= 0.3 is 0 Å².